The highest BCUT2D eigenvalue weighted by molar-refractivity contribution is 5.41. The summed E-state index contributed by atoms with van der Waals surface area (Å²) in [6.07, 6.45) is -0.752. The first-order valence-electron chi connectivity index (χ1n) is 5.10. The van der Waals surface area contributed by atoms with Crippen molar-refractivity contribution in [3.63, 3.8) is 0 Å². The highest BCUT2D eigenvalue weighted by atomic mass is 16.5. The Hall–Kier alpha value is -1.93. The Morgan fingerprint density at radius 3 is 2.18 bits per heavy atom. The molecule has 0 fully saturated rings. The lowest BCUT2D eigenvalue weighted by atomic mass is 10.3. The molecule has 0 aliphatic heterocycles. The van der Waals surface area contributed by atoms with E-state index < -0.39 is 6.10 Å². The van der Waals surface area contributed by atoms with E-state index in [1.807, 2.05) is 6.07 Å². The maximum Gasteiger partial charge on any atom is 0.126 e. The Labute approximate surface area is 100 Å². The lowest BCUT2D eigenvalue weighted by molar-refractivity contribution is 0.111. The third-order valence-corrected chi connectivity index (χ3v) is 2.09. The Morgan fingerprint density at radius 2 is 1.71 bits per heavy atom. The van der Waals surface area contributed by atoms with E-state index >= 15 is 0 Å². The second-order valence-corrected chi connectivity index (χ2v) is 3.38. The van der Waals surface area contributed by atoms with Crippen molar-refractivity contribution in [3.05, 3.63) is 18.2 Å². The van der Waals surface area contributed by atoms with E-state index in [4.69, 9.17) is 19.5 Å². The first kappa shape index (κ1) is 13.1. The Balaban J connectivity index is 2.67. The number of nitriles is 1. The number of aliphatic hydroxyl groups excluding tert-OH is 1. The molecule has 0 aliphatic rings. The van der Waals surface area contributed by atoms with E-state index in [2.05, 4.69) is 0 Å². The minimum atomic E-state index is -0.794. The van der Waals surface area contributed by atoms with Gasteiger partial charge < -0.3 is 19.3 Å². The number of methoxy groups -OCH3 is 2. The summed E-state index contributed by atoms with van der Waals surface area (Å²) in [5.74, 6) is 1.74. The van der Waals surface area contributed by atoms with E-state index in [9.17, 15) is 5.11 Å². The van der Waals surface area contributed by atoms with E-state index in [0.717, 1.165) is 0 Å². The number of rotatable bonds is 6. The molecule has 0 amide bonds. The van der Waals surface area contributed by atoms with Crippen molar-refractivity contribution in [2.24, 2.45) is 0 Å². The summed E-state index contributed by atoms with van der Waals surface area (Å²) in [6.45, 7) is 0.0594. The van der Waals surface area contributed by atoms with Gasteiger partial charge in [-0.1, -0.05) is 0 Å². The minimum absolute atomic E-state index is 0.0428. The molecule has 92 valence electrons. The molecule has 0 bridgehead atoms. The van der Waals surface area contributed by atoms with Crippen LogP contribution >= 0.6 is 0 Å². The van der Waals surface area contributed by atoms with Crippen LogP contribution in [0.3, 0.4) is 0 Å². The molecule has 1 unspecified atom stereocenters. The van der Waals surface area contributed by atoms with Crippen molar-refractivity contribution in [1.82, 2.24) is 0 Å². The fourth-order valence-electron chi connectivity index (χ4n) is 1.22. The van der Waals surface area contributed by atoms with Gasteiger partial charge in [-0.05, 0) is 0 Å². The molecule has 17 heavy (non-hydrogen) atoms. The van der Waals surface area contributed by atoms with Gasteiger partial charge in [-0.15, -0.1) is 0 Å². The maximum absolute atomic E-state index is 9.35. The molecule has 0 saturated carbocycles. The van der Waals surface area contributed by atoms with Crippen LogP contribution in [-0.4, -0.2) is 32.0 Å². The van der Waals surface area contributed by atoms with E-state index in [1.165, 1.54) is 0 Å². The largest absolute Gasteiger partial charge is 0.496 e. The molecule has 0 aromatic heterocycles. The van der Waals surface area contributed by atoms with E-state index in [0.29, 0.717) is 17.2 Å². The van der Waals surface area contributed by atoms with Crippen LogP contribution < -0.4 is 14.2 Å². The number of hydrogen-bond donors (Lipinski definition) is 1. The minimum Gasteiger partial charge on any atom is -0.496 e. The fraction of sp³-hybridized carbons (Fsp3) is 0.417. The molecule has 0 saturated heterocycles. The predicted molar refractivity (Wildman–Crippen MR) is 61.3 cm³/mol. The predicted octanol–water partition coefficient (Wildman–Crippen LogP) is 1.36. The SMILES string of the molecule is COc1cc(OC)cc(OCC(O)CC#N)c1. The third kappa shape index (κ3) is 4.21. The Kier molecular flexibility index (Phi) is 5.11. The summed E-state index contributed by atoms with van der Waals surface area (Å²) in [5, 5.41) is 17.7. The zero-order valence-corrected chi connectivity index (χ0v) is 9.84. The average molecular weight is 237 g/mol. The summed E-state index contributed by atoms with van der Waals surface area (Å²) in [5.41, 5.74) is 0. The molecule has 5 heteroatoms. The second kappa shape index (κ2) is 6.61. The zero-order chi connectivity index (χ0) is 12.7. The van der Waals surface area contributed by atoms with Crippen molar-refractivity contribution >= 4 is 0 Å². The highest BCUT2D eigenvalue weighted by Crippen LogP contribution is 2.27. The summed E-state index contributed by atoms with van der Waals surface area (Å²) >= 11 is 0. The lowest BCUT2D eigenvalue weighted by Crippen LogP contribution is -2.16. The van der Waals surface area contributed by atoms with Gasteiger partial charge >= 0.3 is 0 Å². The van der Waals surface area contributed by atoms with E-state index in [-0.39, 0.29) is 13.0 Å². The molecule has 0 aliphatic carbocycles. The van der Waals surface area contributed by atoms with Crippen LogP contribution in [0.25, 0.3) is 0 Å². The van der Waals surface area contributed by atoms with Gasteiger partial charge in [0.05, 0.1) is 26.7 Å². The van der Waals surface area contributed by atoms with Gasteiger partial charge in [0.15, 0.2) is 0 Å². The molecule has 0 spiro atoms. The van der Waals surface area contributed by atoms with Crippen molar-refractivity contribution in [2.45, 2.75) is 12.5 Å². The normalized spacial score (nSPS) is 11.4. The number of benzene rings is 1. The molecule has 1 aromatic carbocycles. The van der Waals surface area contributed by atoms with Gasteiger partial charge in [0, 0.05) is 18.2 Å². The average Bonchev–Trinajstić information content (AvgIpc) is 2.36. The smallest absolute Gasteiger partial charge is 0.126 e. The first-order valence-corrected chi connectivity index (χ1v) is 5.10. The van der Waals surface area contributed by atoms with Crippen molar-refractivity contribution in [1.29, 1.82) is 5.26 Å². The molecule has 1 aromatic rings. The van der Waals surface area contributed by atoms with Crippen LogP contribution in [0.4, 0.5) is 0 Å². The van der Waals surface area contributed by atoms with Crippen LogP contribution in [0, 0.1) is 11.3 Å². The van der Waals surface area contributed by atoms with Gasteiger partial charge in [0.2, 0.25) is 0 Å². The van der Waals surface area contributed by atoms with Crippen molar-refractivity contribution < 1.29 is 19.3 Å². The van der Waals surface area contributed by atoms with E-state index in [1.54, 1.807) is 32.4 Å². The quantitative estimate of drug-likeness (QED) is 0.808. The Bertz CT molecular complexity index is 378. The van der Waals surface area contributed by atoms with Gasteiger partial charge in [0.1, 0.15) is 30.0 Å². The summed E-state index contributed by atoms with van der Waals surface area (Å²) in [4.78, 5) is 0. The van der Waals surface area contributed by atoms with Gasteiger partial charge in [-0.25, -0.2) is 0 Å². The molecule has 1 N–H and O–H groups in total. The number of aliphatic hydroxyl groups is 1. The van der Waals surface area contributed by atoms with Crippen LogP contribution in [0.5, 0.6) is 17.2 Å². The van der Waals surface area contributed by atoms with Crippen LogP contribution in [0.15, 0.2) is 18.2 Å². The standard InChI is InChI=1S/C12H15NO4/c1-15-10-5-11(16-2)7-12(6-10)17-8-9(14)3-4-13/h5-7,9,14H,3,8H2,1-2H3. The zero-order valence-electron chi connectivity index (χ0n) is 9.84. The Morgan fingerprint density at radius 1 is 1.18 bits per heavy atom. The molecule has 1 atom stereocenters. The van der Waals surface area contributed by atoms with Gasteiger partial charge in [-0.2, -0.15) is 5.26 Å². The molecular formula is C12H15NO4. The van der Waals surface area contributed by atoms with Crippen molar-refractivity contribution in [3.8, 4) is 23.3 Å². The second-order valence-electron chi connectivity index (χ2n) is 3.38. The molecule has 5 nitrogen and oxygen atoms in total. The third-order valence-electron chi connectivity index (χ3n) is 2.09. The molecule has 0 radical (unpaired) electrons. The summed E-state index contributed by atoms with van der Waals surface area (Å²) < 4.78 is 15.5. The van der Waals surface area contributed by atoms with Crippen LogP contribution in [-0.2, 0) is 0 Å². The maximum atomic E-state index is 9.35. The first-order chi connectivity index (χ1) is 8.19. The monoisotopic (exact) mass is 237 g/mol. The van der Waals surface area contributed by atoms with Crippen LogP contribution in [0.1, 0.15) is 6.42 Å². The number of hydrogen-bond acceptors (Lipinski definition) is 5. The highest BCUT2D eigenvalue weighted by Gasteiger charge is 2.07. The fourth-order valence-corrected chi connectivity index (χ4v) is 1.22. The van der Waals surface area contributed by atoms with Crippen LogP contribution in [0.2, 0.25) is 0 Å². The lowest BCUT2D eigenvalue weighted by Gasteiger charge is -2.12. The molecule has 1 rings (SSSR count). The van der Waals surface area contributed by atoms with Crippen molar-refractivity contribution in [2.75, 3.05) is 20.8 Å². The molecular weight excluding hydrogens is 222 g/mol. The van der Waals surface area contributed by atoms with Gasteiger partial charge in [0.25, 0.3) is 0 Å². The number of ether oxygens (including phenoxy) is 3. The number of nitrogens with zero attached hydrogens (tertiary/aromatic N) is 1. The topological polar surface area (TPSA) is 71.7 Å². The van der Waals surface area contributed by atoms with Gasteiger partial charge in [-0.3, -0.25) is 0 Å². The molecule has 0 heterocycles. The summed E-state index contributed by atoms with van der Waals surface area (Å²) in [6, 6.07) is 6.95. The summed E-state index contributed by atoms with van der Waals surface area (Å²) in [7, 11) is 3.09.